The molecule has 4 aromatic carbocycles. The van der Waals surface area contributed by atoms with Gasteiger partial charge in [-0.3, -0.25) is 0 Å². The zero-order valence-electron chi connectivity index (χ0n) is 19.5. The molecular formula is C29H28ClN3O2. The van der Waals surface area contributed by atoms with Crippen molar-refractivity contribution in [2.75, 3.05) is 22.1 Å². The Morgan fingerprint density at radius 2 is 1.43 bits per heavy atom. The summed E-state index contributed by atoms with van der Waals surface area (Å²) >= 11 is 6.67. The Bertz CT molecular complexity index is 1280. The van der Waals surface area contributed by atoms with Crippen molar-refractivity contribution in [1.29, 1.82) is 0 Å². The average molecular weight is 486 g/mol. The zero-order chi connectivity index (χ0) is 24.6. The van der Waals surface area contributed by atoms with Crippen molar-refractivity contribution in [1.82, 2.24) is 0 Å². The van der Waals surface area contributed by atoms with E-state index in [1.165, 1.54) is 0 Å². The van der Waals surface area contributed by atoms with E-state index in [1.54, 1.807) is 24.3 Å². The third kappa shape index (κ3) is 6.14. The fourth-order valence-corrected chi connectivity index (χ4v) is 4.05. The number of hydrogen-bond donors (Lipinski definition) is 3. The third-order valence-electron chi connectivity index (χ3n) is 5.67. The summed E-state index contributed by atoms with van der Waals surface area (Å²) < 4.78 is 0. The Morgan fingerprint density at radius 1 is 0.800 bits per heavy atom. The summed E-state index contributed by atoms with van der Waals surface area (Å²) in [5, 5.41) is 16.5. The lowest BCUT2D eigenvalue weighted by molar-refractivity contribution is 0.0698. The highest BCUT2D eigenvalue weighted by atomic mass is 35.5. The molecule has 0 saturated carbocycles. The van der Waals surface area contributed by atoms with Gasteiger partial charge in [0.15, 0.2) is 0 Å². The first-order valence-electron chi connectivity index (χ1n) is 11.6. The molecule has 0 unspecified atom stereocenters. The van der Waals surface area contributed by atoms with Crippen molar-refractivity contribution >= 4 is 51.7 Å². The van der Waals surface area contributed by atoms with E-state index in [9.17, 15) is 9.90 Å². The maximum atomic E-state index is 11.4. The van der Waals surface area contributed by atoms with Crippen LogP contribution in [-0.2, 0) is 0 Å². The number of hydrogen-bond acceptors (Lipinski definition) is 4. The van der Waals surface area contributed by atoms with Crippen LogP contribution in [0.1, 0.15) is 30.1 Å². The SMILES string of the molecule is CCCCN(c1ccccc1)c1ccc(Nc2ccc(Nc3ccccc3C(=O)O)cc2)c(Cl)c1. The average Bonchev–Trinajstić information content (AvgIpc) is 2.88. The topological polar surface area (TPSA) is 64.6 Å². The molecule has 4 aromatic rings. The van der Waals surface area contributed by atoms with Gasteiger partial charge in [0, 0.05) is 29.3 Å². The Balaban J connectivity index is 1.48. The Labute approximate surface area is 211 Å². The van der Waals surface area contributed by atoms with E-state index in [2.05, 4.69) is 40.7 Å². The molecule has 0 heterocycles. The van der Waals surface area contributed by atoms with Gasteiger partial charge in [-0.05, 0) is 73.2 Å². The molecule has 4 rings (SSSR count). The predicted octanol–water partition coefficient (Wildman–Crippen LogP) is 8.46. The molecule has 3 N–H and O–H groups in total. The van der Waals surface area contributed by atoms with E-state index in [-0.39, 0.29) is 5.56 Å². The largest absolute Gasteiger partial charge is 0.478 e. The lowest BCUT2D eigenvalue weighted by Crippen LogP contribution is -2.18. The molecule has 0 radical (unpaired) electrons. The second-order valence-corrected chi connectivity index (χ2v) is 8.59. The number of halogens is 1. The van der Waals surface area contributed by atoms with E-state index in [1.807, 2.05) is 54.6 Å². The van der Waals surface area contributed by atoms with Crippen LogP contribution in [0, 0.1) is 0 Å². The third-order valence-corrected chi connectivity index (χ3v) is 5.98. The van der Waals surface area contributed by atoms with Crippen LogP contribution in [0.15, 0.2) is 97.1 Å². The molecule has 0 atom stereocenters. The van der Waals surface area contributed by atoms with E-state index in [4.69, 9.17) is 11.6 Å². The first kappa shape index (κ1) is 24.2. The van der Waals surface area contributed by atoms with Crippen molar-refractivity contribution in [2.24, 2.45) is 0 Å². The predicted molar refractivity (Wildman–Crippen MR) is 146 cm³/mol. The van der Waals surface area contributed by atoms with Crippen molar-refractivity contribution < 1.29 is 9.90 Å². The zero-order valence-corrected chi connectivity index (χ0v) is 20.3. The molecule has 35 heavy (non-hydrogen) atoms. The molecule has 0 aliphatic carbocycles. The molecule has 6 heteroatoms. The van der Waals surface area contributed by atoms with Crippen molar-refractivity contribution in [3.63, 3.8) is 0 Å². The number of carboxylic acids is 1. The fraction of sp³-hybridized carbons (Fsp3) is 0.138. The van der Waals surface area contributed by atoms with Crippen LogP contribution in [0.2, 0.25) is 5.02 Å². The van der Waals surface area contributed by atoms with E-state index in [0.29, 0.717) is 10.7 Å². The maximum Gasteiger partial charge on any atom is 0.337 e. The van der Waals surface area contributed by atoms with Crippen molar-refractivity contribution in [3.8, 4) is 0 Å². The fourth-order valence-electron chi connectivity index (χ4n) is 3.83. The lowest BCUT2D eigenvalue weighted by atomic mass is 10.1. The number of anilines is 6. The van der Waals surface area contributed by atoms with Gasteiger partial charge < -0.3 is 20.6 Å². The first-order valence-corrected chi connectivity index (χ1v) is 12.0. The van der Waals surface area contributed by atoms with Gasteiger partial charge in [-0.15, -0.1) is 0 Å². The molecule has 0 spiro atoms. The normalized spacial score (nSPS) is 10.6. The summed E-state index contributed by atoms with van der Waals surface area (Å²) in [4.78, 5) is 13.7. The number of rotatable bonds is 10. The van der Waals surface area contributed by atoms with Crippen LogP contribution in [0.5, 0.6) is 0 Å². The standard InChI is InChI=1S/C29H28ClN3O2/c1-2-3-19-33(23-9-5-4-6-10-23)24-17-18-28(26(30)20-24)32-22-15-13-21(14-16-22)31-27-12-8-7-11-25(27)29(34)35/h4-18,20,31-32H,2-3,19H2,1H3,(H,34,35). The smallest absolute Gasteiger partial charge is 0.337 e. The van der Waals surface area contributed by atoms with Gasteiger partial charge in [0.2, 0.25) is 0 Å². The maximum absolute atomic E-state index is 11.4. The molecule has 5 nitrogen and oxygen atoms in total. The van der Waals surface area contributed by atoms with Crippen LogP contribution < -0.4 is 15.5 Å². The highest BCUT2D eigenvalue weighted by Crippen LogP contribution is 2.34. The summed E-state index contributed by atoms with van der Waals surface area (Å²) in [5.41, 5.74) is 5.45. The molecule has 0 saturated heterocycles. The number of unbranched alkanes of at least 4 members (excludes halogenated alkanes) is 1. The summed E-state index contributed by atoms with van der Waals surface area (Å²) in [6.07, 6.45) is 2.20. The Morgan fingerprint density at radius 3 is 2.06 bits per heavy atom. The van der Waals surface area contributed by atoms with Gasteiger partial charge in [-0.25, -0.2) is 4.79 Å². The highest BCUT2D eigenvalue weighted by Gasteiger charge is 2.12. The molecule has 0 aliphatic rings. The van der Waals surface area contributed by atoms with Gasteiger partial charge in [0.05, 0.1) is 22.0 Å². The summed E-state index contributed by atoms with van der Waals surface area (Å²) in [5.74, 6) is -0.968. The van der Waals surface area contributed by atoms with E-state index < -0.39 is 5.97 Å². The van der Waals surface area contributed by atoms with Gasteiger partial charge in [0.25, 0.3) is 0 Å². The molecule has 0 aliphatic heterocycles. The number of carbonyl (C=O) groups is 1. The van der Waals surface area contributed by atoms with Gasteiger partial charge in [-0.2, -0.15) is 0 Å². The summed E-state index contributed by atoms with van der Waals surface area (Å²) in [7, 11) is 0. The second-order valence-electron chi connectivity index (χ2n) is 8.18. The van der Waals surface area contributed by atoms with Crippen molar-refractivity contribution in [2.45, 2.75) is 19.8 Å². The second kappa shape index (κ2) is 11.4. The van der Waals surface area contributed by atoms with Crippen LogP contribution in [0.3, 0.4) is 0 Å². The van der Waals surface area contributed by atoms with Crippen LogP contribution >= 0.6 is 11.6 Å². The number of carboxylic acid groups (broad SMARTS) is 1. The van der Waals surface area contributed by atoms with Crippen LogP contribution in [0.4, 0.5) is 34.1 Å². The van der Waals surface area contributed by atoms with Gasteiger partial charge in [0.1, 0.15) is 0 Å². The first-order chi connectivity index (χ1) is 17.0. The molecule has 0 fully saturated rings. The van der Waals surface area contributed by atoms with Gasteiger partial charge >= 0.3 is 5.97 Å². The lowest BCUT2D eigenvalue weighted by Gasteiger charge is -2.25. The van der Waals surface area contributed by atoms with Crippen LogP contribution in [-0.4, -0.2) is 17.6 Å². The number of nitrogens with zero attached hydrogens (tertiary/aromatic N) is 1. The van der Waals surface area contributed by atoms with Gasteiger partial charge in [-0.1, -0.05) is 55.3 Å². The summed E-state index contributed by atoms with van der Waals surface area (Å²) in [6, 6.07) is 30.9. The molecular weight excluding hydrogens is 458 g/mol. The number of para-hydroxylation sites is 2. The van der Waals surface area contributed by atoms with E-state index in [0.717, 1.165) is 47.8 Å². The minimum atomic E-state index is -0.968. The number of aromatic carboxylic acids is 1. The Kier molecular flexibility index (Phi) is 7.91. The van der Waals surface area contributed by atoms with Crippen molar-refractivity contribution in [3.05, 3.63) is 108 Å². The molecule has 178 valence electrons. The molecule has 0 bridgehead atoms. The quantitative estimate of drug-likeness (QED) is 0.210. The minimum Gasteiger partial charge on any atom is -0.478 e. The minimum absolute atomic E-state index is 0.227. The Hall–Kier alpha value is -3.96. The van der Waals surface area contributed by atoms with E-state index >= 15 is 0 Å². The molecule has 0 aromatic heterocycles. The molecule has 0 amide bonds. The highest BCUT2D eigenvalue weighted by molar-refractivity contribution is 6.33. The summed E-state index contributed by atoms with van der Waals surface area (Å²) in [6.45, 7) is 3.11. The number of benzene rings is 4. The number of nitrogens with one attached hydrogen (secondary N) is 2. The van der Waals surface area contributed by atoms with Crippen LogP contribution in [0.25, 0.3) is 0 Å². The monoisotopic (exact) mass is 485 g/mol.